The van der Waals surface area contributed by atoms with Gasteiger partial charge >= 0.3 is 0 Å². The van der Waals surface area contributed by atoms with Crippen molar-refractivity contribution in [2.24, 2.45) is 5.73 Å². The molecule has 0 radical (unpaired) electrons. The zero-order valence-electron chi connectivity index (χ0n) is 11.6. The standard InChI is InChI=1S/C17H15ClN2O/c1-12-10-14(18)7-8-16(12)17(21)20-15-6-2-4-13(11-15)5-3-9-19/h2,4,6-8,10-11H,9,19H2,1H3,(H,20,21). The van der Waals surface area contributed by atoms with E-state index in [9.17, 15) is 4.79 Å². The molecule has 0 atom stereocenters. The van der Waals surface area contributed by atoms with Gasteiger partial charge in [0.2, 0.25) is 0 Å². The minimum atomic E-state index is -0.173. The second kappa shape index (κ2) is 6.94. The van der Waals surface area contributed by atoms with Crippen molar-refractivity contribution in [1.29, 1.82) is 0 Å². The number of aryl methyl sites for hydroxylation is 1. The molecule has 21 heavy (non-hydrogen) atoms. The van der Waals surface area contributed by atoms with E-state index in [1.165, 1.54) is 0 Å². The van der Waals surface area contributed by atoms with Crippen LogP contribution in [0.4, 0.5) is 5.69 Å². The van der Waals surface area contributed by atoms with Gasteiger partial charge in [0, 0.05) is 21.8 Å². The molecular formula is C17H15ClN2O. The summed E-state index contributed by atoms with van der Waals surface area (Å²) < 4.78 is 0. The molecule has 0 spiro atoms. The van der Waals surface area contributed by atoms with Crippen molar-refractivity contribution in [2.45, 2.75) is 6.92 Å². The van der Waals surface area contributed by atoms with Crippen LogP contribution in [-0.4, -0.2) is 12.5 Å². The van der Waals surface area contributed by atoms with Crippen molar-refractivity contribution < 1.29 is 4.79 Å². The Morgan fingerprint density at radius 3 is 2.81 bits per heavy atom. The lowest BCUT2D eigenvalue weighted by Crippen LogP contribution is -2.13. The predicted octanol–water partition coefficient (Wildman–Crippen LogP) is 3.21. The zero-order valence-corrected chi connectivity index (χ0v) is 12.4. The first-order valence-corrected chi connectivity index (χ1v) is 6.84. The Morgan fingerprint density at radius 1 is 1.29 bits per heavy atom. The average Bonchev–Trinajstić information content (AvgIpc) is 2.45. The van der Waals surface area contributed by atoms with Crippen molar-refractivity contribution in [1.82, 2.24) is 0 Å². The third-order valence-electron chi connectivity index (χ3n) is 2.89. The maximum Gasteiger partial charge on any atom is 0.255 e. The van der Waals surface area contributed by atoms with Crippen LogP contribution < -0.4 is 11.1 Å². The van der Waals surface area contributed by atoms with E-state index < -0.39 is 0 Å². The number of benzene rings is 2. The zero-order chi connectivity index (χ0) is 15.2. The maximum atomic E-state index is 12.3. The molecular weight excluding hydrogens is 284 g/mol. The van der Waals surface area contributed by atoms with Crippen molar-refractivity contribution in [3.63, 3.8) is 0 Å². The second-order valence-electron chi connectivity index (χ2n) is 4.50. The van der Waals surface area contributed by atoms with E-state index in [-0.39, 0.29) is 5.91 Å². The molecule has 0 aliphatic rings. The molecule has 2 aromatic carbocycles. The highest BCUT2D eigenvalue weighted by atomic mass is 35.5. The van der Waals surface area contributed by atoms with E-state index in [2.05, 4.69) is 17.2 Å². The monoisotopic (exact) mass is 298 g/mol. The molecule has 4 heteroatoms. The van der Waals surface area contributed by atoms with Gasteiger partial charge in [0.15, 0.2) is 0 Å². The van der Waals surface area contributed by atoms with E-state index in [0.29, 0.717) is 22.8 Å². The Labute approximate surface area is 129 Å². The Hall–Kier alpha value is -2.28. The van der Waals surface area contributed by atoms with Crippen LogP contribution in [0.15, 0.2) is 42.5 Å². The maximum absolute atomic E-state index is 12.3. The Balaban J connectivity index is 2.19. The van der Waals surface area contributed by atoms with Gasteiger partial charge < -0.3 is 11.1 Å². The third kappa shape index (κ3) is 4.09. The Bertz CT molecular complexity index is 729. The van der Waals surface area contributed by atoms with Gasteiger partial charge in [0.1, 0.15) is 0 Å². The van der Waals surface area contributed by atoms with Crippen LogP contribution in [0.25, 0.3) is 0 Å². The van der Waals surface area contributed by atoms with Gasteiger partial charge in [0.25, 0.3) is 5.91 Å². The average molecular weight is 299 g/mol. The smallest absolute Gasteiger partial charge is 0.255 e. The van der Waals surface area contributed by atoms with Crippen LogP contribution in [-0.2, 0) is 0 Å². The molecule has 1 amide bonds. The molecule has 2 aromatic rings. The number of anilines is 1. The first-order chi connectivity index (χ1) is 10.1. The molecule has 0 aromatic heterocycles. The van der Waals surface area contributed by atoms with Gasteiger partial charge in [0.05, 0.1) is 6.54 Å². The van der Waals surface area contributed by atoms with Gasteiger partial charge in [-0.2, -0.15) is 0 Å². The molecule has 0 unspecified atom stereocenters. The summed E-state index contributed by atoms with van der Waals surface area (Å²) in [7, 11) is 0. The van der Waals surface area contributed by atoms with Crippen molar-refractivity contribution in [3.05, 3.63) is 64.2 Å². The fraction of sp³-hybridized carbons (Fsp3) is 0.118. The lowest BCUT2D eigenvalue weighted by atomic mass is 10.1. The topological polar surface area (TPSA) is 55.1 Å². The SMILES string of the molecule is Cc1cc(Cl)ccc1C(=O)Nc1cccc(C#CCN)c1. The van der Waals surface area contributed by atoms with Crippen LogP contribution in [0.2, 0.25) is 5.02 Å². The number of halogens is 1. The molecule has 2 rings (SSSR count). The van der Waals surface area contributed by atoms with Gasteiger partial charge in [-0.1, -0.05) is 29.5 Å². The van der Waals surface area contributed by atoms with E-state index in [1.807, 2.05) is 31.2 Å². The number of amides is 1. The lowest BCUT2D eigenvalue weighted by Gasteiger charge is -2.08. The number of nitrogens with two attached hydrogens (primary N) is 1. The summed E-state index contributed by atoms with van der Waals surface area (Å²) in [5.41, 5.74) is 8.28. The summed E-state index contributed by atoms with van der Waals surface area (Å²) in [6.45, 7) is 2.16. The first-order valence-electron chi connectivity index (χ1n) is 6.46. The molecule has 0 bridgehead atoms. The normalized spacial score (nSPS) is 9.67. The molecule has 0 saturated carbocycles. The number of carbonyl (C=O) groups excluding carboxylic acids is 1. The summed E-state index contributed by atoms with van der Waals surface area (Å²) in [6.07, 6.45) is 0. The van der Waals surface area contributed by atoms with Gasteiger partial charge in [-0.3, -0.25) is 4.79 Å². The third-order valence-corrected chi connectivity index (χ3v) is 3.12. The quantitative estimate of drug-likeness (QED) is 0.837. The highest BCUT2D eigenvalue weighted by molar-refractivity contribution is 6.30. The number of carbonyl (C=O) groups is 1. The molecule has 0 aliphatic carbocycles. The number of rotatable bonds is 2. The second-order valence-corrected chi connectivity index (χ2v) is 4.94. The number of nitrogens with one attached hydrogen (secondary N) is 1. The van der Waals surface area contributed by atoms with E-state index in [4.69, 9.17) is 17.3 Å². The summed E-state index contributed by atoms with van der Waals surface area (Å²) in [5, 5.41) is 3.47. The van der Waals surface area contributed by atoms with Crippen LogP contribution in [0.1, 0.15) is 21.5 Å². The Kier molecular flexibility index (Phi) is 4.99. The summed E-state index contributed by atoms with van der Waals surface area (Å²) in [5.74, 6) is 5.54. The van der Waals surface area contributed by atoms with Crippen molar-refractivity contribution in [2.75, 3.05) is 11.9 Å². The lowest BCUT2D eigenvalue weighted by molar-refractivity contribution is 0.102. The van der Waals surface area contributed by atoms with Crippen molar-refractivity contribution >= 4 is 23.2 Å². The molecule has 0 heterocycles. The minimum Gasteiger partial charge on any atom is -0.322 e. The largest absolute Gasteiger partial charge is 0.322 e. The predicted molar refractivity (Wildman–Crippen MR) is 86.5 cm³/mol. The van der Waals surface area contributed by atoms with Crippen LogP contribution in [0, 0.1) is 18.8 Å². The van der Waals surface area contributed by atoms with Crippen LogP contribution in [0.5, 0.6) is 0 Å². The minimum absolute atomic E-state index is 0.173. The summed E-state index contributed by atoms with van der Waals surface area (Å²) in [4.78, 5) is 12.3. The highest BCUT2D eigenvalue weighted by Crippen LogP contribution is 2.17. The van der Waals surface area contributed by atoms with E-state index >= 15 is 0 Å². The summed E-state index contributed by atoms with van der Waals surface area (Å²) >= 11 is 5.89. The fourth-order valence-electron chi connectivity index (χ4n) is 1.91. The molecule has 0 fully saturated rings. The van der Waals surface area contributed by atoms with Crippen LogP contribution in [0.3, 0.4) is 0 Å². The van der Waals surface area contributed by atoms with Gasteiger partial charge in [-0.05, 0) is 48.9 Å². The fourth-order valence-corrected chi connectivity index (χ4v) is 2.13. The highest BCUT2D eigenvalue weighted by Gasteiger charge is 2.09. The molecule has 3 nitrogen and oxygen atoms in total. The van der Waals surface area contributed by atoms with Crippen molar-refractivity contribution in [3.8, 4) is 11.8 Å². The van der Waals surface area contributed by atoms with Gasteiger partial charge in [-0.25, -0.2) is 0 Å². The first kappa shape index (κ1) is 15.1. The molecule has 0 aliphatic heterocycles. The van der Waals surface area contributed by atoms with E-state index in [1.54, 1.807) is 18.2 Å². The van der Waals surface area contributed by atoms with Gasteiger partial charge in [-0.15, -0.1) is 0 Å². The number of hydrogen-bond acceptors (Lipinski definition) is 2. The molecule has 3 N–H and O–H groups in total. The summed E-state index contributed by atoms with van der Waals surface area (Å²) in [6, 6.07) is 12.5. The molecule has 106 valence electrons. The van der Waals surface area contributed by atoms with E-state index in [0.717, 1.165) is 11.1 Å². The number of hydrogen-bond donors (Lipinski definition) is 2. The van der Waals surface area contributed by atoms with Crippen LogP contribution >= 0.6 is 11.6 Å². The Morgan fingerprint density at radius 2 is 2.10 bits per heavy atom. The molecule has 0 saturated heterocycles.